The summed E-state index contributed by atoms with van der Waals surface area (Å²) in [6.45, 7) is 4.33. The molecule has 1 aliphatic rings. The quantitative estimate of drug-likeness (QED) is 0.488. The summed E-state index contributed by atoms with van der Waals surface area (Å²) in [7, 11) is 2.93. The number of aromatic nitrogens is 1. The van der Waals surface area contributed by atoms with Gasteiger partial charge in [0.25, 0.3) is 5.56 Å². The fourth-order valence-corrected chi connectivity index (χ4v) is 5.04. The first-order valence-electron chi connectivity index (χ1n) is 11.0. The Balaban J connectivity index is 1.94. The van der Waals surface area contributed by atoms with Crippen LogP contribution in [0.25, 0.3) is 6.08 Å². The molecule has 0 saturated carbocycles. The minimum absolute atomic E-state index is 0.220. The second-order valence-corrected chi connectivity index (χ2v) is 8.55. The molecular weight excluding hydrogens is 452 g/mol. The van der Waals surface area contributed by atoms with Gasteiger partial charge in [-0.05, 0) is 42.7 Å². The molecule has 1 atom stereocenters. The number of hydrogen-bond donors (Lipinski definition) is 0. The zero-order valence-corrected chi connectivity index (χ0v) is 20.3. The number of fused-ring (bicyclic) bond motifs is 1. The van der Waals surface area contributed by atoms with Crippen molar-refractivity contribution in [3.05, 3.63) is 90.6 Å². The first-order chi connectivity index (χ1) is 16.5. The van der Waals surface area contributed by atoms with Gasteiger partial charge < -0.3 is 14.2 Å². The van der Waals surface area contributed by atoms with Crippen LogP contribution >= 0.6 is 11.3 Å². The largest absolute Gasteiger partial charge is 0.493 e. The van der Waals surface area contributed by atoms with Gasteiger partial charge in [-0.2, -0.15) is 0 Å². The maximum absolute atomic E-state index is 13.6. The minimum Gasteiger partial charge on any atom is -0.493 e. The van der Waals surface area contributed by atoms with Gasteiger partial charge in [-0.15, -0.1) is 0 Å². The maximum Gasteiger partial charge on any atom is 0.338 e. The van der Waals surface area contributed by atoms with E-state index in [1.54, 1.807) is 17.8 Å². The van der Waals surface area contributed by atoms with Crippen molar-refractivity contribution in [2.45, 2.75) is 26.3 Å². The summed E-state index contributed by atoms with van der Waals surface area (Å²) in [5.41, 5.74) is 2.41. The standard InChI is InChI=1S/C26H26N2O5S/c1-5-18-22(25(30)32-4)23(17-10-8-7-9-11-17)28-24(29)21(34-26(28)27-18)15-16-12-13-19(31-3)20(14-16)33-6-2/h7-15,23H,5-6H2,1-4H3/b21-15-/t23-/m0/s1. The van der Waals surface area contributed by atoms with Crippen LogP contribution in [0.5, 0.6) is 11.5 Å². The second kappa shape index (κ2) is 10.1. The molecule has 2 heterocycles. The Bertz CT molecular complexity index is 1420. The second-order valence-electron chi connectivity index (χ2n) is 7.54. The highest BCUT2D eigenvalue weighted by molar-refractivity contribution is 7.07. The molecular formula is C26H26N2O5S. The number of benzene rings is 2. The lowest BCUT2D eigenvalue weighted by molar-refractivity contribution is -0.136. The number of carbonyl (C=O) groups excluding carboxylic acids is 1. The Hall–Kier alpha value is -3.65. The van der Waals surface area contributed by atoms with Gasteiger partial charge in [0.15, 0.2) is 16.3 Å². The number of rotatable bonds is 7. The smallest absolute Gasteiger partial charge is 0.338 e. The zero-order valence-electron chi connectivity index (χ0n) is 19.5. The molecule has 0 N–H and O–H groups in total. The third kappa shape index (κ3) is 4.28. The van der Waals surface area contributed by atoms with E-state index >= 15 is 0 Å². The van der Waals surface area contributed by atoms with Crippen molar-refractivity contribution in [1.29, 1.82) is 0 Å². The predicted octanol–water partition coefficient (Wildman–Crippen LogP) is 3.21. The van der Waals surface area contributed by atoms with E-state index in [-0.39, 0.29) is 5.56 Å². The molecule has 0 radical (unpaired) electrons. The molecule has 0 bridgehead atoms. The average Bonchev–Trinajstić information content (AvgIpc) is 3.17. The van der Waals surface area contributed by atoms with E-state index in [0.717, 1.165) is 11.1 Å². The van der Waals surface area contributed by atoms with Crippen LogP contribution in [0.2, 0.25) is 0 Å². The molecule has 0 saturated heterocycles. The molecule has 0 unspecified atom stereocenters. The highest BCUT2D eigenvalue weighted by atomic mass is 32.1. The van der Waals surface area contributed by atoms with Crippen molar-refractivity contribution in [2.75, 3.05) is 20.8 Å². The number of nitrogens with zero attached hydrogens (tertiary/aromatic N) is 2. The summed E-state index contributed by atoms with van der Waals surface area (Å²) in [5, 5.41) is 0. The highest BCUT2D eigenvalue weighted by Gasteiger charge is 2.33. The van der Waals surface area contributed by atoms with Crippen molar-refractivity contribution in [1.82, 2.24) is 4.57 Å². The Morgan fingerprint density at radius 2 is 1.88 bits per heavy atom. The van der Waals surface area contributed by atoms with Crippen LogP contribution in [-0.2, 0) is 9.53 Å². The number of methoxy groups -OCH3 is 2. The molecule has 0 spiro atoms. The van der Waals surface area contributed by atoms with E-state index in [1.165, 1.54) is 18.4 Å². The van der Waals surface area contributed by atoms with Crippen molar-refractivity contribution in [3.8, 4) is 11.5 Å². The number of esters is 1. The monoisotopic (exact) mass is 478 g/mol. The lowest BCUT2D eigenvalue weighted by Gasteiger charge is -2.25. The number of ether oxygens (including phenoxy) is 3. The first kappa shape index (κ1) is 23.5. The fourth-order valence-electron chi connectivity index (χ4n) is 4.02. The molecule has 8 heteroatoms. The van der Waals surface area contributed by atoms with Gasteiger partial charge in [0.1, 0.15) is 0 Å². The molecule has 0 amide bonds. The fraction of sp³-hybridized carbons (Fsp3) is 0.269. The lowest BCUT2D eigenvalue weighted by atomic mass is 9.95. The Morgan fingerprint density at radius 1 is 1.12 bits per heavy atom. The van der Waals surface area contributed by atoms with Crippen LogP contribution in [0.1, 0.15) is 37.4 Å². The number of allylic oxidation sites excluding steroid dienone is 1. The van der Waals surface area contributed by atoms with E-state index < -0.39 is 12.0 Å². The molecule has 3 aromatic rings. The van der Waals surface area contributed by atoms with Crippen molar-refractivity contribution in [3.63, 3.8) is 0 Å². The summed E-state index contributed by atoms with van der Waals surface area (Å²) < 4.78 is 18.2. The van der Waals surface area contributed by atoms with E-state index in [9.17, 15) is 9.59 Å². The number of carbonyl (C=O) groups is 1. The molecule has 0 fully saturated rings. The van der Waals surface area contributed by atoms with Gasteiger partial charge in [-0.3, -0.25) is 9.36 Å². The SMILES string of the molecule is CCOc1cc(/C=c2\sc3n(c2=O)[C@@H](c2ccccc2)C(C(=O)OC)=C(CC)N=3)ccc1OC. The molecule has 176 valence electrons. The number of thiazole rings is 1. The molecule has 2 aromatic carbocycles. The minimum atomic E-state index is -0.614. The van der Waals surface area contributed by atoms with Gasteiger partial charge in [-0.25, -0.2) is 9.79 Å². The highest BCUT2D eigenvalue weighted by Crippen LogP contribution is 2.32. The van der Waals surface area contributed by atoms with E-state index in [1.807, 2.05) is 62.4 Å². The van der Waals surface area contributed by atoms with Gasteiger partial charge in [0.2, 0.25) is 0 Å². The van der Waals surface area contributed by atoms with Crippen molar-refractivity contribution >= 4 is 23.4 Å². The third-order valence-electron chi connectivity index (χ3n) is 5.55. The summed E-state index contributed by atoms with van der Waals surface area (Å²) in [6.07, 6.45) is 2.34. The summed E-state index contributed by atoms with van der Waals surface area (Å²) >= 11 is 1.29. The van der Waals surface area contributed by atoms with Crippen LogP contribution in [0.3, 0.4) is 0 Å². The van der Waals surface area contributed by atoms with E-state index in [2.05, 4.69) is 4.99 Å². The topological polar surface area (TPSA) is 79.1 Å². The van der Waals surface area contributed by atoms with Gasteiger partial charge in [-0.1, -0.05) is 54.7 Å². The van der Waals surface area contributed by atoms with E-state index in [4.69, 9.17) is 14.2 Å². The molecule has 34 heavy (non-hydrogen) atoms. The Kier molecular flexibility index (Phi) is 6.98. The van der Waals surface area contributed by atoms with Crippen LogP contribution in [-0.4, -0.2) is 31.4 Å². The normalized spacial score (nSPS) is 15.5. The summed E-state index contributed by atoms with van der Waals surface area (Å²) in [5.74, 6) is 0.745. The average molecular weight is 479 g/mol. The molecule has 0 aliphatic carbocycles. The van der Waals surface area contributed by atoms with Gasteiger partial charge in [0, 0.05) is 0 Å². The van der Waals surface area contributed by atoms with Crippen LogP contribution in [0, 0.1) is 0 Å². The van der Waals surface area contributed by atoms with E-state index in [0.29, 0.717) is 45.1 Å². The molecule has 1 aromatic heterocycles. The van der Waals surface area contributed by atoms with Crippen LogP contribution in [0.15, 0.2) is 69.6 Å². The van der Waals surface area contributed by atoms with Crippen molar-refractivity contribution < 1.29 is 19.0 Å². The zero-order chi connectivity index (χ0) is 24.2. The molecule has 4 rings (SSSR count). The van der Waals surface area contributed by atoms with Crippen LogP contribution < -0.4 is 24.4 Å². The van der Waals surface area contributed by atoms with Crippen LogP contribution in [0.4, 0.5) is 0 Å². The Labute approximate surface area is 201 Å². The summed E-state index contributed by atoms with van der Waals surface area (Å²) in [4.78, 5) is 31.7. The predicted molar refractivity (Wildman–Crippen MR) is 131 cm³/mol. The number of hydrogen-bond acceptors (Lipinski definition) is 7. The summed E-state index contributed by atoms with van der Waals surface area (Å²) in [6, 6.07) is 14.4. The third-order valence-corrected chi connectivity index (χ3v) is 6.53. The van der Waals surface area contributed by atoms with Gasteiger partial charge >= 0.3 is 5.97 Å². The molecule has 1 aliphatic heterocycles. The van der Waals surface area contributed by atoms with Gasteiger partial charge in [0.05, 0.1) is 42.7 Å². The Morgan fingerprint density at radius 3 is 2.53 bits per heavy atom. The molecule has 7 nitrogen and oxygen atoms in total. The van der Waals surface area contributed by atoms with Crippen molar-refractivity contribution in [2.24, 2.45) is 4.99 Å². The maximum atomic E-state index is 13.6. The first-order valence-corrected chi connectivity index (χ1v) is 11.8. The lowest BCUT2D eigenvalue weighted by Crippen LogP contribution is -2.40.